The molecule has 0 saturated heterocycles. The monoisotopic (exact) mass is 178 g/mol. The molecule has 13 heavy (non-hydrogen) atoms. The van der Waals surface area contributed by atoms with Crippen LogP contribution in [0.15, 0.2) is 41.1 Å². The number of carbonyl (C=O) groups excluding carboxylic acids is 1. The highest BCUT2D eigenvalue weighted by molar-refractivity contribution is 5.78. The van der Waals surface area contributed by atoms with Crippen LogP contribution in [-0.2, 0) is 14.3 Å². The molecule has 0 aromatic heterocycles. The first kappa shape index (κ1) is 9.36. The lowest BCUT2D eigenvalue weighted by Crippen LogP contribution is -1.94. The van der Waals surface area contributed by atoms with Crippen molar-refractivity contribution in [1.82, 2.24) is 0 Å². The Morgan fingerprint density at radius 2 is 2.15 bits per heavy atom. The summed E-state index contributed by atoms with van der Waals surface area (Å²) in [5.74, 6) is 0.977. The average Bonchev–Trinajstić information content (AvgIpc) is 2.38. The van der Waals surface area contributed by atoms with Crippen LogP contribution in [0.25, 0.3) is 0 Å². The van der Waals surface area contributed by atoms with Crippen LogP contribution in [0.2, 0.25) is 0 Å². The molecule has 1 rings (SSSR count). The number of hydrogen-bond donors (Lipinski definition) is 0. The molecule has 0 saturated carbocycles. The summed E-state index contributed by atoms with van der Waals surface area (Å²) in [6.45, 7) is 0. The Labute approximate surface area is 76.6 Å². The standard InChI is InChI=1S/C10H10O3/c1-12-9-5-3-4-8(7-11)6-10(9)13-2/h3-4,6-7H,1-2H3. The maximum absolute atomic E-state index is 10.5. The SMILES string of the molecule is COC1=C=CC=C(C=O)C=C1OC. The zero-order valence-corrected chi connectivity index (χ0v) is 7.53. The van der Waals surface area contributed by atoms with Crippen LogP contribution in [0.3, 0.4) is 0 Å². The number of methoxy groups -OCH3 is 2. The van der Waals surface area contributed by atoms with Crippen molar-refractivity contribution < 1.29 is 14.3 Å². The molecule has 1 aliphatic carbocycles. The van der Waals surface area contributed by atoms with Gasteiger partial charge in [-0.2, -0.15) is 0 Å². The van der Waals surface area contributed by atoms with Crippen molar-refractivity contribution >= 4 is 6.29 Å². The maximum Gasteiger partial charge on any atom is 0.204 e. The van der Waals surface area contributed by atoms with Gasteiger partial charge in [-0.15, -0.1) is 0 Å². The number of allylic oxidation sites excluding steroid dienone is 3. The summed E-state index contributed by atoms with van der Waals surface area (Å²) < 4.78 is 10.0. The smallest absolute Gasteiger partial charge is 0.204 e. The molecule has 0 spiro atoms. The minimum absolute atomic E-state index is 0.482. The van der Waals surface area contributed by atoms with Gasteiger partial charge in [0, 0.05) is 5.57 Å². The van der Waals surface area contributed by atoms with E-state index in [1.807, 2.05) is 0 Å². The molecule has 0 aromatic carbocycles. The third kappa shape index (κ3) is 2.10. The molecule has 0 aliphatic heterocycles. The van der Waals surface area contributed by atoms with Crippen molar-refractivity contribution in [2.75, 3.05) is 14.2 Å². The summed E-state index contributed by atoms with van der Waals surface area (Å²) in [7, 11) is 3.04. The van der Waals surface area contributed by atoms with Crippen molar-refractivity contribution in [1.29, 1.82) is 0 Å². The zero-order valence-electron chi connectivity index (χ0n) is 7.53. The van der Waals surface area contributed by atoms with E-state index in [9.17, 15) is 4.79 Å². The number of aldehydes is 1. The van der Waals surface area contributed by atoms with Crippen LogP contribution in [0, 0.1) is 0 Å². The highest BCUT2D eigenvalue weighted by Crippen LogP contribution is 2.14. The second kappa shape index (κ2) is 4.33. The van der Waals surface area contributed by atoms with Gasteiger partial charge in [-0.05, 0) is 18.2 Å². The molecule has 0 bridgehead atoms. The quantitative estimate of drug-likeness (QED) is 0.483. The highest BCUT2D eigenvalue weighted by atomic mass is 16.5. The van der Waals surface area contributed by atoms with Crippen LogP contribution in [0.4, 0.5) is 0 Å². The Morgan fingerprint density at radius 1 is 1.38 bits per heavy atom. The lowest BCUT2D eigenvalue weighted by atomic mass is 10.2. The van der Waals surface area contributed by atoms with E-state index in [2.05, 4.69) is 5.73 Å². The Hall–Kier alpha value is -1.73. The fourth-order valence-corrected chi connectivity index (χ4v) is 0.934. The molecule has 0 unspecified atom stereocenters. The lowest BCUT2D eigenvalue weighted by molar-refractivity contribution is -0.104. The maximum atomic E-state index is 10.5. The van der Waals surface area contributed by atoms with E-state index in [4.69, 9.17) is 9.47 Å². The Balaban J connectivity index is 3.09. The van der Waals surface area contributed by atoms with Gasteiger partial charge in [-0.3, -0.25) is 4.79 Å². The van der Waals surface area contributed by atoms with E-state index >= 15 is 0 Å². The first-order valence-corrected chi connectivity index (χ1v) is 3.74. The first-order chi connectivity index (χ1) is 6.31. The van der Waals surface area contributed by atoms with Crippen molar-refractivity contribution in [2.45, 2.75) is 0 Å². The van der Waals surface area contributed by atoms with E-state index in [0.717, 1.165) is 6.29 Å². The van der Waals surface area contributed by atoms with Crippen LogP contribution in [-0.4, -0.2) is 20.5 Å². The fraction of sp³-hybridized carbons (Fsp3) is 0.200. The summed E-state index contributed by atoms with van der Waals surface area (Å²) in [6, 6.07) is 0. The summed E-state index contributed by atoms with van der Waals surface area (Å²) in [4.78, 5) is 10.5. The van der Waals surface area contributed by atoms with Crippen molar-refractivity contribution in [3.8, 4) is 0 Å². The van der Waals surface area contributed by atoms with Crippen LogP contribution >= 0.6 is 0 Å². The molecule has 0 radical (unpaired) electrons. The van der Waals surface area contributed by atoms with Gasteiger partial charge in [0.15, 0.2) is 5.76 Å². The summed E-state index contributed by atoms with van der Waals surface area (Å²) >= 11 is 0. The second-order valence-electron chi connectivity index (χ2n) is 2.34. The van der Waals surface area contributed by atoms with Crippen LogP contribution in [0.1, 0.15) is 0 Å². The second-order valence-corrected chi connectivity index (χ2v) is 2.34. The number of ether oxygens (including phenoxy) is 2. The summed E-state index contributed by atoms with van der Waals surface area (Å²) in [5, 5.41) is 0. The fourth-order valence-electron chi connectivity index (χ4n) is 0.934. The van der Waals surface area contributed by atoms with Crippen molar-refractivity contribution in [2.24, 2.45) is 0 Å². The van der Waals surface area contributed by atoms with Crippen molar-refractivity contribution in [3.63, 3.8) is 0 Å². The molecule has 0 aromatic rings. The van der Waals surface area contributed by atoms with E-state index in [0.29, 0.717) is 17.1 Å². The predicted molar refractivity (Wildman–Crippen MR) is 47.8 cm³/mol. The normalized spacial score (nSPS) is 15.1. The molecule has 0 fully saturated rings. The lowest BCUT2D eigenvalue weighted by Gasteiger charge is -2.05. The van der Waals surface area contributed by atoms with Gasteiger partial charge in [0.05, 0.1) is 14.2 Å². The van der Waals surface area contributed by atoms with Gasteiger partial charge in [0.1, 0.15) is 6.29 Å². The molecular formula is C10H10O3. The van der Waals surface area contributed by atoms with Gasteiger partial charge in [0.2, 0.25) is 5.76 Å². The van der Waals surface area contributed by atoms with Crippen molar-refractivity contribution in [3.05, 3.63) is 41.1 Å². The topological polar surface area (TPSA) is 35.5 Å². The van der Waals surface area contributed by atoms with Gasteiger partial charge >= 0.3 is 0 Å². The molecular weight excluding hydrogens is 168 g/mol. The Morgan fingerprint density at radius 3 is 2.69 bits per heavy atom. The zero-order chi connectivity index (χ0) is 9.68. The summed E-state index contributed by atoms with van der Waals surface area (Å²) in [6.07, 6.45) is 5.60. The Kier molecular flexibility index (Phi) is 3.12. The van der Waals surface area contributed by atoms with Crippen LogP contribution in [0.5, 0.6) is 0 Å². The molecule has 0 atom stereocenters. The average molecular weight is 178 g/mol. The third-order valence-corrected chi connectivity index (χ3v) is 1.57. The largest absolute Gasteiger partial charge is 0.492 e. The highest BCUT2D eigenvalue weighted by Gasteiger charge is 2.07. The Bertz CT molecular complexity index is 328. The van der Waals surface area contributed by atoms with E-state index in [-0.39, 0.29) is 0 Å². The predicted octanol–water partition coefficient (Wildman–Crippen LogP) is 1.34. The molecule has 0 heterocycles. The molecule has 3 heteroatoms. The van der Waals surface area contributed by atoms with Gasteiger partial charge in [-0.1, -0.05) is 5.73 Å². The third-order valence-electron chi connectivity index (χ3n) is 1.57. The van der Waals surface area contributed by atoms with Crippen LogP contribution < -0.4 is 0 Å². The molecule has 1 aliphatic rings. The van der Waals surface area contributed by atoms with E-state index < -0.39 is 0 Å². The van der Waals surface area contributed by atoms with Gasteiger partial charge in [-0.25, -0.2) is 0 Å². The minimum atomic E-state index is 0.482. The molecule has 0 N–H and O–H groups in total. The molecule has 68 valence electrons. The van der Waals surface area contributed by atoms with Gasteiger partial charge < -0.3 is 9.47 Å². The summed E-state index contributed by atoms with van der Waals surface area (Å²) in [5.41, 5.74) is 3.36. The van der Waals surface area contributed by atoms with E-state index in [1.165, 1.54) is 14.2 Å². The van der Waals surface area contributed by atoms with Gasteiger partial charge in [0.25, 0.3) is 0 Å². The number of rotatable bonds is 3. The molecule has 3 nitrogen and oxygen atoms in total. The molecule has 0 amide bonds. The van der Waals surface area contributed by atoms with E-state index in [1.54, 1.807) is 18.2 Å². The number of hydrogen-bond acceptors (Lipinski definition) is 3. The first-order valence-electron chi connectivity index (χ1n) is 3.74. The minimum Gasteiger partial charge on any atom is -0.492 e. The number of carbonyl (C=O) groups is 1.